The lowest BCUT2D eigenvalue weighted by molar-refractivity contribution is -0.137. The molecule has 0 aliphatic heterocycles. The van der Waals surface area contributed by atoms with Gasteiger partial charge in [-0.1, -0.05) is 31.2 Å². The van der Waals surface area contributed by atoms with Crippen LogP contribution in [0.2, 0.25) is 0 Å². The summed E-state index contributed by atoms with van der Waals surface area (Å²) in [5, 5.41) is 13.9. The molecule has 0 unspecified atom stereocenters. The number of aromatic nitrogens is 1. The number of fused-ring (bicyclic) bond motifs is 1. The molecular weight excluding hydrogens is 533 g/mol. The summed E-state index contributed by atoms with van der Waals surface area (Å²) in [6, 6.07) is 16.4. The third kappa shape index (κ3) is 6.55. The average Bonchev–Trinajstić information content (AvgIpc) is 2.94. The first-order valence-corrected chi connectivity index (χ1v) is 13.6. The van der Waals surface area contributed by atoms with Crippen molar-refractivity contribution in [2.75, 3.05) is 12.4 Å². The van der Waals surface area contributed by atoms with Gasteiger partial charge in [0, 0.05) is 17.1 Å². The van der Waals surface area contributed by atoms with Crippen LogP contribution in [0.1, 0.15) is 40.0 Å². The number of nitrogens with zero attached hydrogens (tertiary/aromatic N) is 1. The Morgan fingerprint density at radius 3 is 2.33 bits per heavy atom. The summed E-state index contributed by atoms with van der Waals surface area (Å²) < 4.78 is 68.1. The molecule has 0 bridgehead atoms. The van der Waals surface area contributed by atoms with E-state index in [2.05, 4.69) is 10.3 Å². The molecule has 1 atom stereocenters. The molecular formula is C28H25F3N2O5S. The van der Waals surface area contributed by atoms with E-state index < -0.39 is 40.1 Å². The van der Waals surface area contributed by atoms with Crippen molar-refractivity contribution in [2.45, 2.75) is 30.6 Å². The monoisotopic (exact) mass is 558 g/mol. The van der Waals surface area contributed by atoms with Gasteiger partial charge in [0.1, 0.15) is 6.61 Å². The van der Waals surface area contributed by atoms with Crippen molar-refractivity contribution in [3.05, 3.63) is 101 Å². The van der Waals surface area contributed by atoms with Crippen LogP contribution in [0.25, 0.3) is 10.8 Å². The molecule has 2 N–H and O–H groups in total. The molecule has 204 valence electrons. The van der Waals surface area contributed by atoms with Crippen molar-refractivity contribution in [1.29, 1.82) is 0 Å². The Labute approximate surface area is 223 Å². The van der Waals surface area contributed by atoms with Crippen LogP contribution < -0.4 is 10.1 Å². The predicted octanol–water partition coefficient (Wildman–Crippen LogP) is 5.09. The van der Waals surface area contributed by atoms with Crippen molar-refractivity contribution < 1.29 is 36.2 Å². The van der Waals surface area contributed by atoms with Gasteiger partial charge in [-0.25, -0.2) is 13.4 Å². The molecule has 1 aromatic heterocycles. The molecule has 39 heavy (non-hydrogen) atoms. The SMILES string of the molecule is CCS(=O)(=O)c1ccc([C@H](CO)NC(=O)c2ccc3c(OCc4ccc(C(F)(F)F)cc4)nccc3c2)cc1. The molecule has 11 heteroatoms. The van der Waals surface area contributed by atoms with Gasteiger partial charge in [0.25, 0.3) is 5.91 Å². The van der Waals surface area contributed by atoms with E-state index in [1.54, 1.807) is 43.3 Å². The number of hydrogen-bond acceptors (Lipinski definition) is 6. The summed E-state index contributed by atoms with van der Waals surface area (Å²) in [7, 11) is -3.37. The number of alkyl halides is 3. The zero-order valence-corrected chi connectivity index (χ0v) is 21.6. The summed E-state index contributed by atoms with van der Waals surface area (Å²) in [6.07, 6.45) is -2.92. The van der Waals surface area contributed by atoms with Crippen LogP contribution in [-0.4, -0.2) is 36.8 Å². The van der Waals surface area contributed by atoms with E-state index in [0.29, 0.717) is 27.5 Å². The van der Waals surface area contributed by atoms with Gasteiger partial charge in [-0.2, -0.15) is 13.2 Å². The Bertz CT molecular complexity index is 1570. The van der Waals surface area contributed by atoms with Crippen molar-refractivity contribution >= 4 is 26.5 Å². The van der Waals surface area contributed by atoms with Crippen molar-refractivity contribution in [3.63, 3.8) is 0 Å². The van der Waals surface area contributed by atoms with Gasteiger partial charge >= 0.3 is 6.18 Å². The lowest BCUT2D eigenvalue weighted by Crippen LogP contribution is -2.30. The van der Waals surface area contributed by atoms with Gasteiger partial charge in [-0.15, -0.1) is 0 Å². The zero-order valence-electron chi connectivity index (χ0n) is 20.8. The van der Waals surface area contributed by atoms with E-state index in [0.717, 1.165) is 12.1 Å². The summed E-state index contributed by atoms with van der Waals surface area (Å²) in [5.41, 5.74) is 0.647. The smallest absolute Gasteiger partial charge is 0.416 e. The van der Waals surface area contributed by atoms with Crippen molar-refractivity contribution in [1.82, 2.24) is 10.3 Å². The first kappa shape index (κ1) is 28.1. The van der Waals surface area contributed by atoms with Crippen LogP contribution in [0.4, 0.5) is 13.2 Å². The largest absolute Gasteiger partial charge is 0.472 e. The predicted molar refractivity (Wildman–Crippen MR) is 139 cm³/mol. The fourth-order valence-electron chi connectivity index (χ4n) is 3.90. The second-order valence-corrected chi connectivity index (χ2v) is 11.0. The normalized spacial score (nSPS) is 12.7. The van der Waals surface area contributed by atoms with Crippen LogP contribution in [0.5, 0.6) is 5.88 Å². The van der Waals surface area contributed by atoms with Crippen LogP contribution in [0.15, 0.2) is 83.9 Å². The Kier molecular flexibility index (Phi) is 8.22. The number of benzene rings is 3. The lowest BCUT2D eigenvalue weighted by Gasteiger charge is -2.17. The van der Waals surface area contributed by atoms with E-state index >= 15 is 0 Å². The topological polar surface area (TPSA) is 106 Å². The van der Waals surface area contributed by atoms with Crippen LogP contribution in [0, 0.1) is 0 Å². The van der Waals surface area contributed by atoms with Gasteiger partial charge < -0.3 is 15.2 Å². The molecule has 3 aromatic carbocycles. The number of carbonyl (C=O) groups is 1. The number of aliphatic hydroxyl groups is 1. The highest BCUT2D eigenvalue weighted by atomic mass is 32.2. The summed E-state index contributed by atoms with van der Waals surface area (Å²) in [4.78, 5) is 17.3. The number of nitrogens with one attached hydrogen (secondary N) is 1. The zero-order chi connectivity index (χ0) is 28.2. The van der Waals surface area contributed by atoms with Crippen LogP contribution >= 0.6 is 0 Å². The first-order chi connectivity index (χ1) is 18.5. The second kappa shape index (κ2) is 11.4. The third-order valence-corrected chi connectivity index (χ3v) is 7.91. The number of aliphatic hydroxyl groups excluding tert-OH is 1. The van der Waals surface area contributed by atoms with Gasteiger partial charge in [0.2, 0.25) is 5.88 Å². The number of rotatable bonds is 9. The van der Waals surface area contributed by atoms with Gasteiger partial charge in [0.15, 0.2) is 9.84 Å². The quantitative estimate of drug-likeness (QED) is 0.297. The molecule has 4 rings (SSSR count). The fraction of sp³-hybridized carbons (Fsp3) is 0.214. The number of ether oxygens (including phenoxy) is 1. The standard InChI is InChI=1S/C28H25F3N2O5S/c1-2-39(36,37)23-10-5-19(6-11-23)25(16-34)33-26(35)21-7-12-24-20(15-21)13-14-32-27(24)38-17-18-3-8-22(9-4-18)28(29,30)31/h3-15,25,34H,2,16-17H2,1H3,(H,33,35)/t25-/m0/s1. The average molecular weight is 559 g/mol. The minimum absolute atomic E-state index is 0.00299. The number of hydrogen-bond donors (Lipinski definition) is 2. The molecule has 1 heterocycles. The summed E-state index contributed by atoms with van der Waals surface area (Å²) >= 11 is 0. The molecule has 0 saturated heterocycles. The highest BCUT2D eigenvalue weighted by molar-refractivity contribution is 7.91. The van der Waals surface area contributed by atoms with E-state index in [1.807, 2.05) is 0 Å². The lowest BCUT2D eigenvalue weighted by atomic mass is 10.1. The molecule has 0 aliphatic rings. The Balaban J connectivity index is 1.47. The Morgan fingerprint density at radius 2 is 1.72 bits per heavy atom. The summed E-state index contributed by atoms with van der Waals surface area (Å²) in [5.74, 6) is -0.230. The van der Waals surface area contributed by atoms with Gasteiger partial charge in [-0.3, -0.25) is 4.79 Å². The molecule has 7 nitrogen and oxygen atoms in total. The molecule has 1 amide bonds. The Hall–Kier alpha value is -3.96. The van der Waals surface area contributed by atoms with Crippen LogP contribution in [-0.2, 0) is 22.6 Å². The second-order valence-electron chi connectivity index (χ2n) is 8.72. The maximum Gasteiger partial charge on any atom is 0.416 e. The Morgan fingerprint density at radius 1 is 1.03 bits per heavy atom. The van der Waals surface area contributed by atoms with Crippen molar-refractivity contribution in [3.8, 4) is 5.88 Å². The first-order valence-electron chi connectivity index (χ1n) is 11.9. The number of sulfone groups is 1. The highest BCUT2D eigenvalue weighted by Crippen LogP contribution is 2.30. The van der Waals surface area contributed by atoms with E-state index in [1.165, 1.54) is 30.5 Å². The third-order valence-electron chi connectivity index (χ3n) is 6.16. The van der Waals surface area contributed by atoms with Crippen molar-refractivity contribution in [2.24, 2.45) is 0 Å². The number of carbonyl (C=O) groups excluding carboxylic acids is 1. The maximum atomic E-state index is 13.0. The molecule has 0 saturated carbocycles. The molecule has 0 spiro atoms. The maximum absolute atomic E-state index is 13.0. The van der Waals surface area contributed by atoms with E-state index in [4.69, 9.17) is 4.74 Å². The highest BCUT2D eigenvalue weighted by Gasteiger charge is 2.30. The summed E-state index contributed by atoms with van der Waals surface area (Å²) in [6.45, 7) is 1.15. The van der Waals surface area contributed by atoms with Gasteiger partial charge in [0.05, 0.1) is 28.9 Å². The fourth-order valence-corrected chi connectivity index (χ4v) is 4.78. The number of amides is 1. The molecule has 0 aliphatic carbocycles. The molecule has 0 fully saturated rings. The minimum Gasteiger partial charge on any atom is -0.472 e. The van der Waals surface area contributed by atoms with E-state index in [-0.39, 0.29) is 23.1 Å². The molecule has 0 radical (unpaired) electrons. The van der Waals surface area contributed by atoms with Gasteiger partial charge in [-0.05, 0) is 65.0 Å². The number of halogens is 3. The van der Waals surface area contributed by atoms with E-state index in [9.17, 15) is 31.5 Å². The number of pyridine rings is 1. The van der Waals surface area contributed by atoms with Crippen LogP contribution in [0.3, 0.4) is 0 Å². The molecule has 4 aromatic rings. The minimum atomic E-state index is -4.42.